The third-order valence-corrected chi connectivity index (χ3v) is 7.26. The molecule has 0 aliphatic rings. The molecule has 1 N–H and O–H groups in total. The number of fused-ring (bicyclic) bond motifs is 1. The Hall–Kier alpha value is -2.23. The van der Waals surface area contributed by atoms with E-state index in [1.807, 2.05) is 30.3 Å². The number of rotatable bonds is 18. The van der Waals surface area contributed by atoms with Crippen molar-refractivity contribution in [3.8, 4) is 11.3 Å². The van der Waals surface area contributed by atoms with Gasteiger partial charge in [0.25, 0.3) is 0 Å². The van der Waals surface area contributed by atoms with Crippen molar-refractivity contribution in [3.63, 3.8) is 0 Å². The molecule has 3 aromatic rings. The van der Waals surface area contributed by atoms with E-state index in [0.717, 1.165) is 40.8 Å². The maximum absolute atomic E-state index is 11.5. The topological polar surface area (TPSA) is 36.4 Å². The van der Waals surface area contributed by atoms with Crippen LogP contribution in [0.3, 0.4) is 0 Å². The molecular formula is C33H48N2O. The van der Waals surface area contributed by atoms with E-state index in [2.05, 4.69) is 49.1 Å². The minimum atomic E-state index is -0.527. The van der Waals surface area contributed by atoms with Crippen LogP contribution in [0.2, 0.25) is 0 Å². The summed E-state index contributed by atoms with van der Waals surface area (Å²) < 4.78 is 0. The smallest absolute Gasteiger partial charge is 0.0924 e. The zero-order valence-corrected chi connectivity index (χ0v) is 22.8. The van der Waals surface area contributed by atoms with Crippen LogP contribution >= 0.6 is 0 Å². The van der Waals surface area contributed by atoms with Crippen molar-refractivity contribution >= 4 is 10.9 Å². The maximum Gasteiger partial charge on any atom is 0.0924 e. The highest BCUT2D eigenvalue weighted by molar-refractivity contribution is 5.85. The molecule has 0 saturated carbocycles. The van der Waals surface area contributed by atoms with E-state index in [1.54, 1.807) is 0 Å². The van der Waals surface area contributed by atoms with Crippen LogP contribution in [0, 0.1) is 0 Å². The van der Waals surface area contributed by atoms with Crippen molar-refractivity contribution in [1.82, 2.24) is 9.88 Å². The van der Waals surface area contributed by atoms with E-state index in [4.69, 9.17) is 4.98 Å². The monoisotopic (exact) mass is 488 g/mol. The number of aliphatic hydroxyl groups is 1. The lowest BCUT2D eigenvalue weighted by Crippen LogP contribution is -2.31. The van der Waals surface area contributed by atoms with Crippen molar-refractivity contribution in [2.45, 2.75) is 97.0 Å². The van der Waals surface area contributed by atoms with Crippen molar-refractivity contribution in [2.24, 2.45) is 0 Å². The third-order valence-electron chi connectivity index (χ3n) is 7.26. The Bertz CT molecular complexity index is 971. The lowest BCUT2D eigenvalue weighted by atomic mass is 9.99. The molecule has 0 aliphatic carbocycles. The van der Waals surface area contributed by atoms with Crippen LogP contribution < -0.4 is 0 Å². The number of hydrogen-bond donors (Lipinski definition) is 1. The fourth-order valence-corrected chi connectivity index (χ4v) is 5.10. The van der Waals surface area contributed by atoms with Gasteiger partial charge in [0.05, 0.1) is 17.3 Å². The Labute approximate surface area is 220 Å². The van der Waals surface area contributed by atoms with Gasteiger partial charge in [-0.1, -0.05) is 127 Å². The van der Waals surface area contributed by atoms with Gasteiger partial charge in [-0.2, -0.15) is 0 Å². The molecule has 3 heteroatoms. The number of nitrogens with zero attached hydrogens (tertiary/aromatic N) is 2. The minimum Gasteiger partial charge on any atom is -0.387 e. The summed E-state index contributed by atoms with van der Waals surface area (Å²) in [6.45, 7) is 7.39. The number of pyridine rings is 1. The first-order chi connectivity index (χ1) is 17.7. The first-order valence-electron chi connectivity index (χ1n) is 14.6. The second kappa shape index (κ2) is 16.5. The van der Waals surface area contributed by atoms with E-state index in [1.165, 1.54) is 77.0 Å². The van der Waals surface area contributed by atoms with Gasteiger partial charge >= 0.3 is 0 Å². The molecule has 0 bridgehead atoms. The maximum atomic E-state index is 11.5. The molecule has 36 heavy (non-hydrogen) atoms. The first kappa shape index (κ1) is 28.3. The molecule has 0 radical (unpaired) electrons. The Morgan fingerprint density at radius 3 is 1.89 bits per heavy atom. The SMILES string of the molecule is CCCCCCCCN(CCCCCCCC)CC(O)c1cc(-c2ccccc2)nc2ccccc12. The Morgan fingerprint density at radius 2 is 1.25 bits per heavy atom. The van der Waals surface area contributed by atoms with E-state index in [9.17, 15) is 5.11 Å². The highest BCUT2D eigenvalue weighted by atomic mass is 16.3. The minimum absolute atomic E-state index is 0.527. The molecule has 1 aromatic heterocycles. The van der Waals surface area contributed by atoms with E-state index < -0.39 is 6.10 Å². The molecular weight excluding hydrogens is 440 g/mol. The van der Waals surface area contributed by atoms with Crippen LogP contribution in [-0.2, 0) is 0 Å². The number of para-hydroxylation sites is 1. The van der Waals surface area contributed by atoms with Gasteiger partial charge in [-0.25, -0.2) is 4.98 Å². The van der Waals surface area contributed by atoms with Gasteiger partial charge in [0.15, 0.2) is 0 Å². The van der Waals surface area contributed by atoms with E-state index in [0.29, 0.717) is 6.54 Å². The Kier molecular flexibility index (Phi) is 13.0. The molecule has 1 heterocycles. The van der Waals surface area contributed by atoms with Crippen LogP contribution in [-0.4, -0.2) is 34.6 Å². The molecule has 1 atom stereocenters. The second-order valence-electron chi connectivity index (χ2n) is 10.3. The van der Waals surface area contributed by atoms with Gasteiger partial charge in [0.1, 0.15) is 0 Å². The quantitative estimate of drug-likeness (QED) is 0.182. The van der Waals surface area contributed by atoms with Crippen LogP contribution in [0.5, 0.6) is 0 Å². The largest absolute Gasteiger partial charge is 0.387 e. The third kappa shape index (κ3) is 9.33. The molecule has 196 valence electrons. The average Bonchev–Trinajstić information content (AvgIpc) is 2.92. The van der Waals surface area contributed by atoms with Gasteiger partial charge in [-0.3, -0.25) is 0 Å². The molecule has 3 nitrogen and oxygen atoms in total. The lowest BCUT2D eigenvalue weighted by molar-refractivity contribution is 0.111. The summed E-state index contributed by atoms with van der Waals surface area (Å²) in [5.74, 6) is 0. The fraction of sp³-hybridized carbons (Fsp3) is 0.545. The molecule has 0 spiro atoms. The fourth-order valence-electron chi connectivity index (χ4n) is 5.10. The van der Waals surface area contributed by atoms with Crippen molar-refractivity contribution in [1.29, 1.82) is 0 Å². The standard InChI is InChI=1S/C33H48N2O/c1-3-5-7-9-11-18-24-35(25-19-12-10-8-6-4-2)27-33(36)30-26-32(28-20-14-13-15-21-28)34-31-23-17-16-22-29(30)31/h13-17,20-23,26,33,36H,3-12,18-19,24-25,27H2,1-2H3. The molecule has 0 aliphatic heterocycles. The molecule has 2 aromatic carbocycles. The summed E-state index contributed by atoms with van der Waals surface area (Å²) in [7, 11) is 0. The summed E-state index contributed by atoms with van der Waals surface area (Å²) in [5, 5.41) is 12.6. The molecule has 1 unspecified atom stereocenters. The Morgan fingerprint density at radius 1 is 0.694 bits per heavy atom. The normalized spacial score (nSPS) is 12.4. The Balaban J connectivity index is 1.70. The lowest BCUT2D eigenvalue weighted by Gasteiger charge is -2.26. The summed E-state index contributed by atoms with van der Waals surface area (Å²) in [4.78, 5) is 7.43. The summed E-state index contributed by atoms with van der Waals surface area (Å²) >= 11 is 0. The average molecular weight is 489 g/mol. The number of aliphatic hydroxyl groups excluding tert-OH is 1. The van der Waals surface area contributed by atoms with Gasteiger partial charge in [0, 0.05) is 17.5 Å². The molecule has 0 fully saturated rings. The van der Waals surface area contributed by atoms with Crippen LogP contribution in [0.4, 0.5) is 0 Å². The molecule has 0 saturated heterocycles. The summed E-state index contributed by atoms with van der Waals surface area (Å²) in [6.07, 6.45) is 15.1. The van der Waals surface area contributed by atoms with Gasteiger partial charge in [-0.05, 0) is 43.6 Å². The molecule has 3 rings (SSSR count). The summed E-state index contributed by atoms with van der Waals surface area (Å²) in [6, 6.07) is 20.7. The number of benzene rings is 2. The van der Waals surface area contributed by atoms with Gasteiger partial charge in [-0.15, -0.1) is 0 Å². The van der Waals surface area contributed by atoms with Gasteiger partial charge in [0.2, 0.25) is 0 Å². The van der Waals surface area contributed by atoms with Gasteiger partial charge < -0.3 is 10.0 Å². The highest BCUT2D eigenvalue weighted by Crippen LogP contribution is 2.29. The molecule has 0 amide bonds. The van der Waals surface area contributed by atoms with Crippen LogP contribution in [0.25, 0.3) is 22.2 Å². The predicted molar refractivity (Wildman–Crippen MR) is 155 cm³/mol. The predicted octanol–water partition coefficient (Wildman–Crippen LogP) is 8.96. The zero-order valence-electron chi connectivity index (χ0n) is 22.8. The number of unbranched alkanes of at least 4 members (excludes halogenated alkanes) is 10. The van der Waals surface area contributed by atoms with Crippen molar-refractivity contribution in [2.75, 3.05) is 19.6 Å². The zero-order chi connectivity index (χ0) is 25.4. The number of aromatic nitrogens is 1. The summed E-state index contributed by atoms with van der Waals surface area (Å²) in [5.41, 5.74) is 3.97. The second-order valence-corrected chi connectivity index (χ2v) is 10.3. The highest BCUT2D eigenvalue weighted by Gasteiger charge is 2.18. The van der Waals surface area contributed by atoms with Crippen molar-refractivity contribution < 1.29 is 5.11 Å². The first-order valence-corrected chi connectivity index (χ1v) is 14.6. The van der Waals surface area contributed by atoms with Crippen LogP contribution in [0.15, 0.2) is 60.7 Å². The number of hydrogen-bond acceptors (Lipinski definition) is 3. The van der Waals surface area contributed by atoms with E-state index in [-0.39, 0.29) is 0 Å². The van der Waals surface area contributed by atoms with Crippen molar-refractivity contribution in [3.05, 3.63) is 66.2 Å². The van der Waals surface area contributed by atoms with Crippen LogP contribution in [0.1, 0.15) is 103 Å². The van der Waals surface area contributed by atoms with E-state index >= 15 is 0 Å².